The van der Waals surface area contributed by atoms with E-state index in [-0.39, 0.29) is 6.61 Å². The first-order valence-corrected chi connectivity index (χ1v) is 5.78. The molecule has 0 saturated carbocycles. The van der Waals surface area contributed by atoms with Crippen molar-refractivity contribution < 1.29 is 23.2 Å². The molecule has 0 amide bonds. The Morgan fingerprint density at radius 1 is 1.37 bits per heavy atom. The second-order valence-electron chi connectivity index (χ2n) is 3.86. The van der Waals surface area contributed by atoms with Crippen LogP contribution in [0.1, 0.15) is 36.5 Å². The van der Waals surface area contributed by atoms with Crippen LogP contribution >= 0.6 is 0 Å². The number of halogens is 2. The van der Waals surface area contributed by atoms with Gasteiger partial charge in [0, 0.05) is 6.07 Å². The van der Waals surface area contributed by atoms with Crippen LogP contribution in [0.3, 0.4) is 0 Å². The van der Waals surface area contributed by atoms with Crippen molar-refractivity contribution >= 4 is 11.7 Å². The highest BCUT2D eigenvalue weighted by Gasteiger charge is 2.27. The summed E-state index contributed by atoms with van der Waals surface area (Å²) >= 11 is 0. The Bertz CT molecular complexity index is 491. The lowest BCUT2D eigenvalue weighted by molar-refractivity contribution is -0.387. The van der Waals surface area contributed by atoms with E-state index >= 15 is 0 Å². The number of hydrogen-bond acceptors (Lipinski definition) is 4. The summed E-state index contributed by atoms with van der Waals surface area (Å²) in [6, 6.07) is 1.34. The van der Waals surface area contributed by atoms with Gasteiger partial charge in [-0.15, -0.1) is 0 Å². The molecule has 0 aliphatic heterocycles. The number of esters is 1. The van der Waals surface area contributed by atoms with Gasteiger partial charge < -0.3 is 4.74 Å². The number of nitro benzene ring substituents is 1. The molecular formula is C12H13F2NO4. The van der Waals surface area contributed by atoms with Gasteiger partial charge in [-0.3, -0.25) is 10.1 Å². The number of ether oxygens (including phenoxy) is 1. The van der Waals surface area contributed by atoms with Crippen LogP contribution in [0.5, 0.6) is 0 Å². The van der Waals surface area contributed by atoms with Gasteiger partial charge >= 0.3 is 11.7 Å². The zero-order valence-electron chi connectivity index (χ0n) is 10.3. The van der Waals surface area contributed by atoms with E-state index in [1.165, 1.54) is 0 Å². The molecule has 5 nitrogen and oxygen atoms in total. The first-order chi connectivity index (χ1) is 8.99. The maximum Gasteiger partial charge on any atom is 0.344 e. The van der Waals surface area contributed by atoms with Gasteiger partial charge in [-0.05, 0) is 12.5 Å². The van der Waals surface area contributed by atoms with Crippen molar-refractivity contribution in [3.8, 4) is 0 Å². The second kappa shape index (κ2) is 6.77. The maximum absolute atomic E-state index is 13.6. The summed E-state index contributed by atoms with van der Waals surface area (Å²) in [5.41, 5.74) is -1.98. The van der Waals surface area contributed by atoms with Crippen LogP contribution in [0, 0.1) is 21.7 Å². The summed E-state index contributed by atoms with van der Waals surface area (Å²) in [6.45, 7) is 1.97. The van der Waals surface area contributed by atoms with Crippen molar-refractivity contribution in [2.75, 3.05) is 6.61 Å². The fraction of sp³-hybridized carbons (Fsp3) is 0.417. The highest BCUT2D eigenvalue weighted by atomic mass is 19.1. The van der Waals surface area contributed by atoms with Crippen molar-refractivity contribution in [3.05, 3.63) is 39.4 Å². The number of nitro groups is 1. The quantitative estimate of drug-likeness (QED) is 0.345. The standard InChI is InChI=1S/C12H13F2NO4/c1-2-3-4-7-19-12(16)10-8(13)5-6-9(11(10)14)15(17)18/h5-6H,2-4,7H2,1H3. The van der Waals surface area contributed by atoms with Crippen LogP contribution in [0.4, 0.5) is 14.5 Å². The number of unbranched alkanes of at least 4 members (excludes halogenated alkanes) is 2. The van der Waals surface area contributed by atoms with E-state index in [0.29, 0.717) is 18.6 Å². The zero-order valence-corrected chi connectivity index (χ0v) is 10.3. The summed E-state index contributed by atoms with van der Waals surface area (Å²) in [5.74, 6) is -3.91. The number of benzene rings is 1. The minimum atomic E-state index is -1.51. The molecule has 7 heteroatoms. The lowest BCUT2D eigenvalue weighted by Gasteiger charge is -2.06. The van der Waals surface area contributed by atoms with Crippen LogP contribution in [-0.2, 0) is 4.74 Å². The van der Waals surface area contributed by atoms with Crippen LogP contribution in [0.25, 0.3) is 0 Å². The van der Waals surface area contributed by atoms with E-state index in [2.05, 4.69) is 4.74 Å². The van der Waals surface area contributed by atoms with Gasteiger partial charge in [-0.2, -0.15) is 4.39 Å². The smallest absolute Gasteiger partial charge is 0.344 e. The SMILES string of the molecule is CCCCCOC(=O)c1c(F)ccc([N+](=O)[O-])c1F. The van der Waals surface area contributed by atoms with E-state index in [9.17, 15) is 23.7 Å². The number of carbonyl (C=O) groups excluding carboxylic acids is 1. The Balaban J connectivity index is 2.90. The third-order valence-corrected chi connectivity index (χ3v) is 2.45. The number of hydrogen-bond donors (Lipinski definition) is 0. The molecule has 104 valence electrons. The highest BCUT2D eigenvalue weighted by molar-refractivity contribution is 5.90. The van der Waals surface area contributed by atoms with Crippen molar-refractivity contribution in [1.82, 2.24) is 0 Å². The first kappa shape index (κ1) is 15.0. The third kappa shape index (κ3) is 3.70. The molecule has 0 aromatic heterocycles. The summed E-state index contributed by atoms with van der Waals surface area (Å²) in [5, 5.41) is 10.5. The first-order valence-electron chi connectivity index (χ1n) is 5.78. The second-order valence-corrected chi connectivity index (χ2v) is 3.86. The largest absolute Gasteiger partial charge is 0.462 e. The molecule has 0 atom stereocenters. The van der Waals surface area contributed by atoms with Crippen LogP contribution in [-0.4, -0.2) is 17.5 Å². The molecule has 0 radical (unpaired) electrons. The molecule has 1 aromatic carbocycles. The Kier molecular flexibility index (Phi) is 5.35. The summed E-state index contributed by atoms with van der Waals surface area (Å²) in [6.07, 6.45) is 2.28. The molecule has 0 unspecified atom stereocenters. The molecule has 0 fully saturated rings. The Morgan fingerprint density at radius 3 is 2.63 bits per heavy atom. The van der Waals surface area contributed by atoms with E-state index in [0.717, 1.165) is 12.8 Å². The van der Waals surface area contributed by atoms with Gasteiger partial charge in [-0.25, -0.2) is 9.18 Å². The molecule has 19 heavy (non-hydrogen) atoms. The molecule has 0 bridgehead atoms. The van der Waals surface area contributed by atoms with Crippen molar-refractivity contribution in [2.24, 2.45) is 0 Å². The number of nitrogens with zero attached hydrogens (tertiary/aromatic N) is 1. The molecule has 1 rings (SSSR count). The summed E-state index contributed by atoms with van der Waals surface area (Å²) in [7, 11) is 0. The Hall–Kier alpha value is -2.05. The molecule has 0 aliphatic rings. The Morgan fingerprint density at radius 2 is 2.05 bits per heavy atom. The minimum absolute atomic E-state index is 0.0221. The van der Waals surface area contributed by atoms with Gasteiger partial charge in [0.15, 0.2) is 0 Å². The van der Waals surface area contributed by atoms with Crippen LogP contribution in [0.15, 0.2) is 12.1 Å². The summed E-state index contributed by atoms with van der Waals surface area (Å²) in [4.78, 5) is 21.0. The molecule has 0 heterocycles. The predicted molar refractivity (Wildman–Crippen MR) is 62.8 cm³/mol. The average Bonchev–Trinajstić information content (AvgIpc) is 2.34. The number of carbonyl (C=O) groups is 1. The van der Waals surface area contributed by atoms with Crippen LogP contribution in [0.2, 0.25) is 0 Å². The normalized spacial score (nSPS) is 10.3. The van der Waals surface area contributed by atoms with Gasteiger partial charge in [-0.1, -0.05) is 19.8 Å². The minimum Gasteiger partial charge on any atom is -0.462 e. The molecule has 0 aliphatic carbocycles. The lowest BCUT2D eigenvalue weighted by Crippen LogP contribution is -2.12. The van der Waals surface area contributed by atoms with Gasteiger partial charge in [0.1, 0.15) is 11.4 Å². The zero-order chi connectivity index (χ0) is 14.4. The molecule has 0 saturated heterocycles. The molecule has 1 aromatic rings. The van der Waals surface area contributed by atoms with Gasteiger partial charge in [0.05, 0.1) is 11.5 Å². The summed E-state index contributed by atoms with van der Waals surface area (Å²) < 4.78 is 31.7. The number of rotatable bonds is 6. The van der Waals surface area contributed by atoms with Crippen molar-refractivity contribution in [3.63, 3.8) is 0 Å². The fourth-order valence-electron chi connectivity index (χ4n) is 1.46. The molecule has 0 spiro atoms. The Labute approximate surface area is 108 Å². The molecule has 0 N–H and O–H groups in total. The topological polar surface area (TPSA) is 69.4 Å². The average molecular weight is 273 g/mol. The van der Waals surface area contributed by atoms with E-state index < -0.39 is 33.8 Å². The van der Waals surface area contributed by atoms with Gasteiger partial charge in [0.25, 0.3) is 0 Å². The van der Waals surface area contributed by atoms with E-state index in [1.807, 2.05) is 6.92 Å². The van der Waals surface area contributed by atoms with Crippen LogP contribution < -0.4 is 0 Å². The highest BCUT2D eigenvalue weighted by Crippen LogP contribution is 2.23. The maximum atomic E-state index is 13.6. The monoisotopic (exact) mass is 273 g/mol. The molecular weight excluding hydrogens is 260 g/mol. The van der Waals surface area contributed by atoms with Crippen molar-refractivity contribution in [2.45, 2.75) is 26.2 Å². The van der Waals surface area contributed by atoms with E-state index in [4.69, 9.17) is 0 Å². The predicted octanol–water partition coefficient (Wildman–Crippen LogP) is 3.22. The van der Waals surface area contributed by atoms with E-state index in [1.54, 1.807) is 0 Å². The fourth-order valence-corrected chi connectivity index (χ4v) is 1.46. The third-order valence-electron chi connectivity index (χ3n) is 2.45. The van der Waals surface area contributed by atoms with Gasteiger partial charge in [0.2, 0.25) is 5.82 Å². The van der Waals surface area contributed by atoms with Crippen molar-refractivity contribution in [1.29, 1.82) is 0 Å². The lowest BCUT2D eigenvalue weighted by atomic mass is 10.1.